The van der Waals surface area contributed by atoms with Crippen molar-refractivity contribution in [1.82, 2.24) is 4.90 Å². The maximum Gasteiger partial charge on any atom is 0.218 e. The number of aliphatic hydroxyl groups is 1. The Morgan fingerprint density at radius 1 is 1.43 bits per heavy atom. The first-order valence-electron chi connectivity index (χ1n) is 7.34. The number of aryl methyl sites for hydroxylation is 1. The number of benzene rings is 1. The van der Waals surface area contributed by atoms with Gasteiger partial charge in [-0.15, -0.1) is 0 Å². The number of amides is 1. The molecule has 1 amide bonds. The van der Waals surface area contributed by atoms with Gasteiger partial charge in [-0.2, -0.15) is 0 Å². The van der Waals surface area contributed by atoms with Crippen molar-refractivity contribution in [3.8, 4) is 0 Å². The minimum atomic E-state index is -0.592. The molecule has 5 heteroatoms. The molecule has 1 aromatic carbocycles. The molecule has 0 spiro atoms. The Morgan fingerprint density at radius 3 is 2.76 bits per heavy atom. The molecule has 1 saturated heterocycles. The molecule has 1 fully saturated rings. The smallest absolute Gasteiger partial charge is 0.218 e. The maximum absolute atomic E-state index is 10.9. The molecule has 1 aromatic rings. The van der Waals surface area contributed by atoms with Crippen LogP contribution in [-0.4, -0.2) is 54.4 Å². The molecule has 0 radical (unpaired) electrons. The molecule has 1 aliphatic rings. The van der Waals surface area contributed by atoms with Gasteiger partial charge in [0.1, 0.15) is 5.60 Å². The number of carbonyl (C=O) groups is 1. The highest BCUT2D eigenvalue weighted by Gasteiger charge is 2.36. The van der Waals surface area contributed by atoms with Gasteiger partial charge in [0.25, 0.3) is 0 Å². The summed E-state index contributed by atoms with van der Waals surface area (Å²) in [5.74, 6) is -0.297. The molecule has 5 nitrogen and oxygen atoms in total. The van der Waals surface area contributed by atoms with E-state index < -0.39 is 5.60 Å². The van der Waals surface area contributed by atoms with Crippen LogP contribution in [0, 0.1) is 6.92 Å². The van der Waals surface area contributed by atoms with E-state index in [1.165, 1.54) is 5.56 Å². The van der Waals surface area contributed by atoms with E-state index >= 15 is 0 Å². The van der Waals surface area contributed by atoms with E-state index in [0.717, 1.165) is 12.1 Å². The van der Waals surface area contributed by atoms with Crippen molar-refractivity contribution in [2.75, 3.05) is 32.8 Å². The predicted molar refractivity (Wildman–Crippen MR) is 80.9 cm³/mol. The zero-order chi connectivity index (χ0) is 15.3. The molecule has 0 saturated carbocycles. The van der Waals surface area contributed by atoms with E-state index in [0.29, 0.717) is 32.5 Å². The zero-order valence-electron chi connectivity index (χ0n) is 12.5. The number of ether oxygens (including phenoxy) is 1. The summed E-state index contributed by atoms with van der Waals surface area (Å²) in [6.07, 6.45) is 1.00. The number of hydrogen-bond donors (Lipinski definition) is 2. The van der Waals surface area contributed by atoms with Crippen molar-refractivity contribution < 1.29 is 14.6 Å². The van der Waals surface area contributed by atoms with Crippen molar-refractivity contribution in [3.63, 3.8) is 0 Å². The Labute approximate surface area is 125 Å². The lowest BCUT2D eigenvalue weighted by atomic mass is 9.92. The Kier molecular flexibility index (Phi) is 5.33. The number of morpholine rings is 1. The topological polar surface area (TPSA) is 75.8 Å². The van der Waals surface area contributed by atoms with Gasteiger partial charge in [-0.3, -0.25) is 9.69 Å². The van der Waals surface area contributed by atoms with Crippen molar-refractivity contribution in [2.24, 2.45) is 5.73 Å². The van der Waals surface area contributed by atoms with Gasteiger partial charge >= 0.3 is 0 Å². The number of carbonyl (C=O) groups excluding carboxylic acids is 1. The van der Waals surface area contributed by atoms with Gasteiger partial charge in [0.2, 0.25) is 5.91 Å². The van der Waals surface area contributed by atoms with Crippen LogP contribution in [0.25, 0.3) is 0 Å². The minimum absolute atomic E-state index is 0.0338. The van der Waals surface area contributed by atoms with Crippen LogP contribution in [0.4, 0.5) is 0 Å². The van der Waals surface area contributed by atoms with Crippen LogP contribution in [-0.2, 0) is 16.0 Å². The van der Waals surface area contributed by atoms with Crippen LogP contribution >= 0.6 is 0 Å². The summed E-state index contributed by atoms with van der Waals surface area (Å²) in [5.41, 5.74) is 6.97. The molecular formula is C16H24N2O3. The highest BCUT2D eigenvalue weighted by atomic mass is 16.5. The Morgan fingerprint density at radius 2 is 2.14 bits per heavy atom. The fraction of sp³-hybridized carbons (Fsp3) is 0.562. The summed E-state index contributed by atoms with van der Waals surface area (Å²) >= 11 is 0. The average Bonchev–Trinajstić information content (AvgIpc) is 2.48. The van der Waals surface area contributed by atoms with Crippen LogP contribution in [0.5, 0.6) is 0 Å². The number of primary amides is 1. The molecule has 116 valence electrons. The summed E-state index contributed by atoms with van der Waals surface area (Å²) in [5, 5.41) is 9.81. The van der Waals surface area contributed by atoms with E-state index in [4.69, 9.17) is 10.5 Å². The first-order valence-corrected chi connectivity index (χ1v) is 7.34. The Hall–Kier alpha value is -1.43. The van der Waals surface area contributed by atoms with Gasteiger partial charge < -0.3 is 15.6 Å². The highest BCUT2D eigenvalue weighted by Crippen LogP contribution is 2.23. The molecule has 2 rings (SSSR count). The summed E-state index contributed by atoms with van der Waals surface area (Å²) in [6, 6.07) is 8.26. The number of aliphatic hydroxyl groups excluding tert-OH is 1. The predicted octanol–water partition coefficient (Wildman–Crippen LogP) is 0.476. The van der Waals surface area contributed by atoms with Crippen molar-refractivity contribution in [2.45, 2.75) is 25.4 Å². The molecule has 0 aliphatic carbocycles. The number of hydrogen-bond acceptors (Lipinski definition) is 4. The fourth-order valence-electron chi connectivity index (χ4n) is 2.72. The lowest BCUT2D eigenvalue weighted by Gasteiger charge is -2.42. The van der Waals surface area contributed by atoms with E-state index in [1.54, 1.807) is 0 Å². The quantitative estimate of drug-likeness (QED) is 0.799. The van der Waals surface area contributed by atoms with Crippen LogP contribution in [0.3, 0.4) is 0 Å². The van der Waals surface area contributed by atoms with Crippen LogP contribution in [0.1, 0.15) is 17.5 Å². The number of rotatable bonds is 6. The van der Waals surface area contributed by atoms with Crippen LogP contribution in [0.15, 0.2) is 24.3 Å². The third-order valence-electron chi connectivity index (χ3n) is 3.94. The van der Waals surface area contributed by atoms with Crippen molar-refractivity contribution >= 4 is 5.91 Å². The second kappa shape index (κ2) is 7.02. The van der Waals surface area contributed by atoms with Gasteiger partial charge in [0.15, 0.2) is 0 Å². The molecule has 1 heterocycles. The summed E-state index contributed by atoms with van der Waals surface area (Å²) in [7, 11) is 0. The van der Waals surface area contributed by atoms with Gasteiger partial charge in [0.05, 0.1) is 13.2 Å². The molecule has 1 aliphatic heterocycles. The second-order valence-electron chi connectivity index (χ2n) is 5.84. The monoisotopic (exact) mass is 292 g/mol. The third kappa shape index (κ3) is 4.52. The third-order valence-corrected chi connectivity index (χ3v) is 3.94. The van der Waals surface area contributed by atoms with Gasteiger partial charge in [-0.25, -0.2) is 0 Å². The molecule has 21 heavy (non-hydrogen) atoms. The van der Waals surface area contributed by atoms with E-state index in [9.17, 15) is 9.90 Å². The lowest BCUT2D eigenvalue weighted by Crippen LogP contribution is -2.55. The van der Waals surface area contributed by atoms with Gasteiger partial charge in [-0.05, 0) is 12.5 Å². The highest BCUT2D eigenvalue weighted by molar-refractivity contribution is 5.73. The Bertz CT molecular complexity index is 475. The molecule has 1 atom stereocenters. The largest absolute Gasteiger partial charge is 0.393 e. The van der Waals surface area contributed by atoms with Gasteiger partial charge in [-0.1, -0.05) is 29.8 Å². The first-order chi connectivity index (χ1) is 10.0. The van der Waals surface area contributed by atoms with E-state index in [-0.39, 0.29) is 12.5 Å². The Balaban J connectivity index is 2.02. The summed E-state index contributed by atoms with van der Waals surface area (Å²) < 4.78 is 5.88. The van der Waals surface area contributed by atoms with E-state index in [2.05, 4.69) is 29.2 Å². The van der Waals surface area contributed by atoms with Crippen molar-refractivity contribution in [3.05, 3.63) is 35.4 Å². The standard InChI is InChI=1S/C16H24N2O3/c1-13-2-4-14(5-3-13)10-16(12-19)11-18(8-9-21-16)7-6-15(17)20/h2-5,19H,6-12H2,1H3,(H2,17,20). The second-order valence-corrected chi connectivity index (χ2v) is 5.84. The first kappa shape index (κ1) is 15.9. The molecule has 3 N–H and O–H groups in total. The minimum Gasteiger partial charge on any atom is -0.393 e. The zero-order valence-corrected chi connectivity index (χ0v) is 12.5. The molecule has 1 unspecified atom stereocenters. The summed E-state index contributed by atoms with van der Waals surface area (Å²) in [6.45, 7) is 4.58. The normalized spacial score (nSPS) is 23.1. The fourth-order valence-corrected chi connectivity index (χ4v) is 2.72. The lowest BCUT2D eigenvalue weighted by molar-refractivity contribution is -0.134. The molecular weight excluding hydrogens is 268 g/mol. The summed E-state index contributed by atoms with van der Waals surface area (Å²) in [4.78, 5) is 13.0. The van der Waals surface area contributed by atoms with Crippen molar-refractivity contribution in [1.29, 1.82) is 0 Å². The maximum atomic E-state index is 10.9. The molecule has 0 aromatic heterocycles. The van der Waals surface area contributed by atoms with Crippen LogP contribution < -0.4 is 5.73 Å². The van der Waals surface area contributed by atoms with Gasteiger partial charge in [0, 0.05) is 32.5 Å². The van der Waals surface area contributed by atoms with E-state index in [1.807, 2.05) is 6.92 Å². The SMILES string of the molecule is Cc1ccc(CC2(CO)CN(CCC(N)=O)CCO2)cc1. The van der Waals surface area contributed by atoms with Crippen LogP contribution in [0.2, 0.25) is 0 Å². The number of nitrogens with two attached hydrogens (primary N) is 1. The average molecular weight is 292 g/mol. The number of nitrogens with zero attached hydrogens (tertiary/aromatic N) is 1. The molecule has 0 bridgehead atoms.